The van der Waals surface area contributed by atoms with E-state index in [-0.39, 0.29) is 12.0 Å². The van der Waals surface area contributed by atoms with Gasteiger partial charge in [0.05, 0.1) is 39.9 Å². The second-order valence-corrected chi connectivity index (χ2v) is 12.7. The first kappa shape index (κ1) is 28.4. The van der Waals surface area contributed by atoms with Crippen LogP contribution in [0.2, 0.25) is 0 Å². The first-order valence-electron chi connectivity index (χ1n) is 16.9. The largest absolute Gasteiger partial charge is 0.333 e. The molecule has 6 nitrogen and oxygen atoms in total. The van der Waals surface area contributed by atoms with Gasteiger partial charge < -0.3 is 9.47 Å². The number of pyridine rings is 3. The maximum Gasteiger partial charge on any atom is 0.0893 e. The minimum absolute atomic E-state index is 0.220. The molecule has 0 aliphatic carbocycles. The molecule has 236 valence electrons. The lowest BCUT2D eigenvalue weighted by Gasteiger charge is -2.28. The van der Waals surface area contributed by atoms with Crippen molar-refractivity contribution in [2.24, 2.45) is 4.99 Å². The van der Waals surface area contributed by atoms with Crippen LogP contribution >= 0.6 is 0 Å². The first-order chi connectivity index (χ1) is 24.8. The smallest absolute Gasteiger partial charge is 0.0893 e. The average Bonchev–Trinajstić information content (AvgIpc) is 3.71. The van der Waals surface area contributed by atoms with Crippen molar-refractivity contribution in [2.75, 3.05) is 4.90 Å². The van der Waals surface area contributed by atoms with Crippen LogP contribution in [0.5, 0.6) is 0 Å². The topological polar surface area (TPSA) is 59.2 Å². The van der Waals surface area contributed by atoms with Crippen LogP contribution in [-0.4, -0.2) is 31.8 Å². The van der Waals surface area contributed by atoms with E-state index < -0.39 is 0 Å². The van der Waals surface area contributed by atoms with Crippen molar-refractivity contribution in [3.05, 3.63) is 170 Å². The van der Waals surface area contributed by atoms with Gasteiger partial charge in [0.2, 0.25) is 0 Å². The molecule has 0 amide bonds. The van der Waals surface area contributed by atoms with Crippen LogP contribution in [0.1, 0.15) is 11.5 Å². The maximum absolute atomic E-state index is 5.07. The van der Waals surface area contributed by atoms with E-state index >= 15 is 0 Å². The summed E-state index contributed by atoms with van der Waals surface area (Å²) in [6.45, 7) is 0. The first-order valence-corrected chi connectivity index (χ1v) is 16.9. The molecule has 4 aromatic carbocycles. The van der Waals surface area contributed by atoms with Crippen LogP contribution in [-0.2, 0) is 0 Å². The summed E-state index contributed by atoms with van der Waals surface area (Å²) < 4.78 is 2.30. The molecule has 50 heavy (non-hydrogen) atoms. The molecule has 0 spiro atoms. The predicted molar refractivity (Wildman–Crippen MR) is 203 cm³/mol. The number of nitrogens with zero attached hydrogens (tertiary/aromatic N) is 6. The Morgan fingerprint density at radius 1 is 0.520 bits per heavy atom. The van der Waals surface area contributed by atoms with Crippen LogP contribution in [0.4, 0.5) is 11.4 Å². The number of anilines is 2. The number of aromatic nitrogens is 4. The van der Waals surface area contributed by atoms with Crippen molar-refractivity contribution < 1.29 is 0 Å². The third-order valence-corrected chi connectivity index (χ3v) is 9.93. The molecule has 0 bridgehead atoms. The van der Waals surface area contributed by atoms with Gasteiger partial charge in [0.25, 0.3) is 0 Å². The molecule has 2 aliphatic heterocycles. The lowest BCUT2D eigenvalue weighted by molar-refractivity contribution is 0.780. The van der Waals surface area contributed by atoms with Crippen molar-refractivity contribution in [2.45, 2.75) is 12.0 Å². The number of hydrogen-bond acceptors (Lipinski definition) is 5. The highest BCUT2D eigenvalue weighted by atomic mass is 15.2. The Hall–Kier alpha value is -6.66. The zero-order valence-electron chi connectivity index (χ0n) is 27.0. The Labute approximate surface area is 289 Å². The monoisotopic (exact) mass is 642 g/mol. The molecule has 0 saturated carbocycles. The van der Waals surface area contributed by atoms with Crippen molar-refractivity contribution in [1.29, 1.82) is 0 Å². The van der Waals surface area contributed by atoms with Gasteiger partial charge in [0.1, 0.15) is 0 Å². The highest BCUT2D eigenvalue weighted by Crippen LogP contribution is 2.46. The van der Waals surface area contributed by atoms with Gasteiger partial charge in [-0.1, -0.05) is 72.8 Å². The second kappa shape index (κ2) is 11.5. The Morgan fingerprint density at radius 2 is 1.16 bits per heavy atom. The maximum atomic E-state index is 5.07. The summed E-state index contributed by atoms with van der Waals surface area (Å²) in [5, 5.41) is 2.34. The molecule has 4 aromatic heterocycles. The molecule has 0 N–H and O–H groups in total. The number of hydrogen-bond donors (Lipinski definition) is 0. The summed E-state index contributed by atoms with van der Waals surface area (Å²) >= 11 is 0. The number of fused-ring (bicyclic) bond motifs is 6. The average molecular weight is 643 g/mol. The van der Waals surface area contributed by atoms with Gasteiger partial charge in [0, 0.05) is 69.7 Å². The second-order valence-electron chi connectivity index (χ2n) is 12.7. The van der Waals surface area contributed by atoms with Crippen LogP contribution in [0.25, 0.3) is 61.4 Å². The quantitative estimate of drug-likeness (QED) is 0.187. The lowest BCUT2D eigenvalue weighted by atomic mass is 9.95. The molecule has 10 rings (SSSR count). The Morgan fingerprint density at radius 3 is 1.92 bits per heavy atom. The number of benzene rings is 4. The minimum Gasteiger partial charge on any atom is -0.333 e. The molecule has 2 unspecified atom stereocenters. The zero-order chi connectivity index (χ0) is 33.0. The normalized spacial score (nSPS) is 16.2. The van der Waals surface area contributed by atoms with Gasteiger partial charge in [-0.05, 0) is 78.4 Å². The zero-order valence-corrected chi connectivity index (χ0v) is 27.0. The van der Waals surface area contributed by atoms with E-state index in [1.165, 1.54) is 16.6 Å². The van der Waals surface area contributed by atoms with Gasteiger partial charge in [0.15, 0.2) is 0 Å². The summed E-state index contributed by atoms with van der Waals surface area (Å²) in [7, 11) is 0. The molecule has 6 heterocycles. The summed E-state index contributed by atoms with van der Waals surface area (Å²) in [5.74, 6) is 0.258. The molecule has 0 saturated heterocycles. The molecule has 2 aliphatic rings. The fourth-order valence-corrected chi connectivity index (χ4v) is 7.60. The van der Waals surface area contributed by atoms with Crippen LogP contribution < -0.4 is 4.90 Å². The summed E-state index contributed by atoms with van der Waals surface area (Å²) in [6.07, 6.45) is 9.97. The van der Waals surface area contributed by atoms with Crippen LogP contribution in [0.15, 0.2) is 169 Å². The van der Waals surface area contributed by atoms with Gasteiger partial charge in [-0.2, -0.15) is 0 Å². The molecular weight excluding hydrogens is 613 g/mol. The van der Waals surface area contributed by atoms with Gasteiger partial charge >= 0.3 is 0 Å². The highest BCUT2D eigenvalue weighted by Gasteiger charge is 2.37. The van der Waals surface area contributed by atoms with E-state index in [4.69, 9.17) is 9.97 Å². The Bertz CT molecular complexity index is 2560. The molecule has 6 heteroatoms. The Balaban J connectivity index is 0.936. The van der Waals surface area contributed by atoms with E-state index in [9.17, 15) is 0 Å². The number of rotatable bonds is 5. The minimum atomic E-state index is 0.220. The van der Waals surface area contributed by atoms with Crippen molar-refractivity contribution >= 4 is 39.4 Å². The summed E-state index contributed by atoms with van der Waals surface area (Å²) in [6, 6.07) is 49.0. The number of para-hydroxylation sites is 2. The van der Waals surface area contributed by atoms with E-state index in [2.05, 4.69) is 159 Å². The van der Waals surface area contributed by atoms with Crippen molar-refractivity contribution in [3.63, 3.8) is 0 Å². The van der Waals surface area contributed by atoms with Gasteiger partial charge in [-0.3, -0.25) is 9.98 Å². The van der Waals surface area contributed by atoms with E-state index in [1.807, 2.05) is 30.7 Å². The highest BCUT2D eigenvalue weighted by molar-refractivity contribution is 6.08. The summed E-state index contributed by atoms with van der Waals surface area (Å²) in [5.41, 5.74) is 12.7. The van der Waals surface area contributed by atoms with Crippen molar-refractivity contribution in [3.8, 4) is 39.6 Å². The molecule has 8 aromatic rings. The van der Waals surface area contributed by atoms with Gasteiger partial charge in [-0.15, -0.1) is 0 Å². The van der Waals surface area contributed by atoms with E-state index in [1.54, 1.807) is 0 Å². The third-order valence-electron chi connectivity index (χ3n) is 9.93. The fourth-order valence-electron chi connectivity index (χ4n) is 7.60. The van der Waals surface area contributed by atoms with Gasteiger partial charge in [-0.25, -0.2) is 9.97 Å². The standard InChI is InChI=1S/C44H30N6/c1-3-13-41-33(7-1)35-27-45-25-23-43(35)49(41)31-19-15-29(16-20-31)37-9-5-11-39(47-37)40-12-6-10-38(48-40)30-17-21-32(22-18-30)50-42-14-4-2-8-34(42)36-28-46-26-24-44(36)50/h1-28,35,43H. The van der Waals surface area contributed by atoms with Crippen LogP contribution in [0, 0.1) is 0 Å². The lowest BCUT2D eigenvalue weighted by Crippen LogP contribution is -2.29. The third kappa shape index (κ3) is 4.57. The van der Waals surface area contributed by atoms with Crippen molar-refractivity contribution in [1.82, 2.24) is 19.5 Å². The van der Waals surface area contributed by atoms with E-state index in [0.717, 1.165) is 61.7 Å². The predicted octanol–water partition coefficient (Wildman–Crippen LogP) is 10.2. The Kier molecular flexibility index (Phi) is 6.52. The molecular formula is C44H30N6. The molecule has 0 fully saturated rings. The van der Waals surface area contributed by atoms with E-state index in [0.29, 0.717) is 0 Å². The number of aliphatic imine (C=N–C) groups is 1. The molecule has 2 atom stereocenters. The van der Waals surface area contributed by atoms with Crippen LogP contribution in [0.3, 0.4) is 0 Å². The summed E-state index contributed by atoms with van der Waals surface area (Å²) in [4.78, 5) is 21.4. The fraction of sp³-hybridized carbons (Fsp3) is 0.0455. The SMILES string of the molecule is C1=CC2C(C=N1)c1ccccc1N2c1ccc(-c2cccc(-c3cccc(-c4ccc(-n5c6ccccc6c6cnccc65)cc4)n3)n2)cc1. The molecule has 0 radical (unpaired) electrons.